The summed E-state index contributed by atoms with van der Waals surface area (Å²) in [7, 11) is 1.55. The number of carboxylic acids is 1. The molecule has 0 unspecified atom stereocenters. The van der Waals surface area contributed by atoms with Gasteiger partial charge in [-0.25, -0.2) is 4.79 Å². The first-order valence-corrected chi connectivity index (χ1v) is 7.26. The second kappa shape index (κ2) is 6.24. The summed E-state index contributed by atoms with van der Waals surface area (Å²) in [5.74, 6) is -1.30. The molecule has 2 rings (SSSR count). The van der Waals surface area contributed by atoms with Crippen molar-refractivity contribution < 1.29 is 14.7 Å². The number of hydrogen-bond donors (Lipinski definition) is 1. The smallest absolute Gasteiger partial charge is 0.340 e. The molecule has 1 amide bonds. The topological polar surface area (TPSA) is 70.5 Å². The predicted octanol–water partition coefficient (Wildman–Crippen LogP) is 3.01. The van der Waals surface area contributed by atoms with Crippen LogP contribution in [0, 0.1) is 6.92 Å². The second-order valence-corrected chi connectivity index (χ2v) is 5.70. The Morgan fingerprint density at radius 2 is 2.14 bits per heavy atom. The first-order valence-electron chi connectivity index (χ1n) is 6.10. The van der Waals surface area contributed by atoms with Crippen molar-refractivity contribution in [1.29, 1.82) is 0 Å². The fraction of sp³-hybridized carbons (Fsp3) is 0.214. The average Bonchev–Trinajstić information content (AvgIpc) is 2.79. The van der Waals surface area contributed by atoms with Crippen molar-refractivity contribution in [3.63, 3.8) is 0 Å². The lowest BCUT2D eigenvalue weighted by Gasteiger charge is -2.16. The van der Waals surface area contributed by atoms with Gasteiger partial charge < -0.3 is 10.0 Å². The van der Waals surface area contributed by atoms with Gasteiger partial charge in [-0.2, -0.15) is 4.37 Å². The number of likely N-dealkylation sites (N-methyl/N-ethyl adjacent to an activating group) is 1. The van der Waals surface area contributed by atoms with E-state index in [9.17, 15) is 14.7 Å². The third kappa shape index (κ3) is 3.40. The molecule has 0 atom stereocenters. The van der Waals surface area contributed by atoms with Crippen molar-refractivity contribution in [2.24, 2.45) is 0 Å². The third-order valence-corrected chi connectivity index (χ3v) is 4.23. The number of aryl methyl sites for hydroxylation is 1. The van der Waals surface area contributed by atoms with Gasteiger partial charge in [0.15, 0.2) is 0 Å². The van der Waals surface area contributed by atoms with E-state index in [2.05, 4.69) is 4.37 Å². The molecule has 1 N–H and O–H groups in total. The van der Waals surface area contributed by atoms with Crippen molar-refractivity contribution in [1.82, 2.24) is 4.37 Å². The number of aromatic carboxylic acids is 1. The summed E-state index contributed by atoms with van der Waals surface area (Å²) < 4.78 is 4.01. The maximum Gasteiger partial charge on any atom is 0.340 e. The lowest BCUT2D eigenvalue weighted by atomic mass is 10.1. The van der Waals surface area contributed by atoms with Gasteiger partial charge in [-0.15, -0.1) is 0 Å². The molecule has 0 aliphatic heterocycles. The number of anilines is 1. The van der Waals surface area contributed by atoms with Crippen LogP contribution >= 0.6 is 23.1 Å². The molecule has 0 bridgehead atoms. The zero-order valence-corrected chi connectivity index (χ0v) is 13.0. The summed E-state index contributed by atoms with van der Waals surface area (Å²) in [5, 5.41) is 10.1. The van der Waals surface area contributed by atoms with Gasteiger partial charge in [0.1, 0.15) is 10.6 Å². The van der Waals surface area contributed by atoms with Gasteiger partial charge in [-0.05, 0) is 36.2 Å². The highest BCUT2D eigenvalue weighted by atomic mass is 35.5. The molecule has 5 nitrogen and oxygen atoms in total. The molecule has 2 aromatic rings. The van der Waals surface area contributed by atoms with Gasteiger partial charge in [0, 0.05) is 12.1 Å². The number of amides is 1. The molecule has 0 aliphatic rings. The average molecular weight is 325 g/mol. The van der Waals surface area contributed by atoms with Gasteiger partial charge in [-0.3, -0.25) is 4.79 Å². The van der Waals surface area contributed by atoms with Crippen LogP contribution in [0.3, 0.4) is 0 Å². The quantitative estimate of drug-likeness (QED) is 0.938. The van der Waals surface area contributed by atoms with Crippen molar-refractivity contribution in [3.05, 3.63) is 46.1 Å². The zero-order valence-electron chi connectivity index (χ0n) is 11.5. The Bertz CT molecular complexity index is 699. The molecular weight excluding hydrogens is 312 g/mol. The van der Waals surface area contributed by atoms with E-state index in [1.165, 1.54) is 4.90 Å². The largest absolute Gasteiger partial charge is 0.478 e. The number of hydrogen-bond acceptors (Lipinski definition) is 4. The molecule has 1 heterocycles. The summed E-state index contributed by atoms with van der Waals surface area (Å²) in [4.78, 5) is 24.9. The number of carbonyl (C=O) groups is 2. The molecule has 1 aromatic heterocycles. The van der Waals surface area contributed by atoms with Crippen LogP contribution in [-0.2, 0) is 11.2 Å². The van der Waals surface area contributed by atoms with Crippen LogP contribution in [0.1, 0.15) is 21.6 Å². The number of carbonyl (C=O) groups excluding carboxylic acids is 1. The maximum atomic E-state index is 12.3. The second-order valence-electron chi connectivity index (χ2n) is 4.51. The van der Waals surface area contributed by atoms with E-state index in [0.717, 1.165) is 17.1 Å². The maximum absolute atomic E-state index is 12.3. The Balaban J connectivity index is 2.22. The molecular formula is C14H13ClN2O3S. The Morgan fingerprint density at radius 1 is 1.43 bits per heavy atom. The molecule has 1 aromatic carbocycles. The fourth-order valence-corrected chi connectivity index (χ4v) is 2.96. The van der Waals surface area contributed by atoms with E-state index >= 15 is 0 Å². The van der Waals surface area contributed by atoms with Crippen LogP contribution in [0.25, 0.3) is 0 Å². The number of nitrogens with zero attached hydrogens (tertiary/aromatic N) is 2. The van der Waals surface area contributed by atoms with Crippen LogP contribution < -0.4 is 4.90 Å². The minimum Gasteiger partial charge on any atom is -0.478 e. The van der Waals surface area contributed by atoms with Crippen LogP contribution in [-0.4, -0.2) is 28.4 Å². The van der Waals surface area contributed by atoms with E-state index in [-0.39, 0.29) is 17.9 Å². The van der Waals surface area contributed by atoms with Crippen LogP contribution in [0.4, 0.5) is 5.00 Å². The summed E-state index contributed by atoms with van der Waals surface area (Å²) in [6.45, 7) is 1.61. The Labute approximate surface area is 130 Å². The third-order valence-electron chi connectivity index (χ3n) is 2.98. The number of carboxylic acid groups (broad SMARTS) is 1. The molecule has 0 radical (unpaired) electrons. The SMILES string of the molecule is Cc1nsc(N(C)C(=O)Cc2cccc(Cl)c2)c1C(=O)O. The number of aromatic nitrogens is 1. The van der Waals surface area contributed by atoms with Crippen molar-refractivity contribution in [2.45, 2.75) is 13.3 Å². The highest BCUT2D eigenvalue weighted by Crippen LogP contribution is 2.28. The van der Waals surface area contributed by atoms with Gasteiger partial charge >= 0.3 is 5.97 Å². The highest BCUT2D eigenvalue weighted by Gasteiger charge is 2.23. The molecule has 0 saturated heterocycles. The minimum atomic E-state index is -1.08. The summed E-state index contributed by atoms with van der Waals surface area (Å²) >= 11 is 6.89. The van der Waals surface area contributed by atoms with E-state index in [0.29, 0.717) is 15.7 Å². The number of rotatable bonds is 4. The van der Waals surface area contributed by atoms with Gasteiger partial charge in [0.05, 0.1) is 12.1 Å². The van der Waals surface area contributed by atoms with Gasteiger partial charge in [-0.1, -0.05) is 23.7 Å². The summed E-state index contributed by atoms with van der Waals surface area (Å²) in [5.41, 5.74) is 1.25. The molecule has 0 fully saturated rings. The van der Waals surface area contributed by atoms with Crippen molar-refractivity contribution in [2.75, 3.05) is 11.9 Å². The monoisotopic (exact) mass is 324 g/mol. The minimum absolute atomic E-state index is 0.0712. The van der Waals surface area contributed by atoms with Crippen LogP contribution in [0.2, 0.25) is 5.02 Å². The lowest BCUT2D eigenvalue weighted by molar-refractivity contribution is -0.117. The van der Waals surface area contributed by atoms with E-state index < -0.39 is 5.97 Å². The molecule has 0 aliphatic carbocycles. The van der Waals surface area contributed by atoms with Crippen LogP contribution in [0.5, 0.6) is 0 Å². The molecule has 110 valence electrons. The Hall–Kier alpha value is -1.92. The lowest BCUT2D eigenvalue weighted by Crippen LogP contribution is -2.28. The van der Waals surface area contributed by atoms with Crippen LogP contribution in [0.15, 0.2) is 24.3 Å². The van der Waals surface area contributed by atoms with Gasteiger partial charge in [0.25, 0.3) is 0 Å². The number of halogens is 1. The summed E-state index contributed by atoms with van der Waals surface area (Å²) in [6, 6.07) is 7.01. The normalized spacial score (nSPS) is 10.4. The Morgan fingerprint density at radius 3 is 2.76 bits per heavy atom. The predicted molar refractivity (Wildman–Crippen MR) is 82.4 cm³/mol. The Kier molecular flexibility index (Phi) is 4.59. The standard InChI is InChI=1S/C14H13ClN2O3S/c1-8-12(14(19)20)13(21-16-8)17(2)11(18)7-9-4-3-5-10(15)6-9/h3-6H,7H2,1-2H3,(H,19,20). The molecule has 0 saturated carbocycles. The van der Waals surface area contributed by atoms with E-state index in [1.54, 1.807) is 38.2 Å². The molecule has 0 spiro atoms. The summed E-state index contributed by atoms with van der Waals surface area (Å²) in [6.07, 6.45) is 0.146. The molecule has 21 heavy (non-hydrogen) atoms. The first kappa shape index (κ1) is 15.5. The highest BCUT2D eigenvalue weighted by molar-refractivity contribution is 7.11. The fourth-order valence-electron chi connectivity index (χ4n) is 1.89. The van der Waals surface area contributed by atoms with E-state index in [4.69, 9.17) is 11.6 Å². The van der Waals surface area contributed by atoms with Gasteiger partial charge in [0.2, 0.25) is 5.91 Å². The zero-order chi connectivity index (χ0) is 15.6. The number of benzene rings is 1. The van der Waals surface area contributed by atoms with Crippen molar-refractivity contribution >= 4 is 40.0 Å². The van der Waals surface area contributed by atoms with Crippen molar-refractivity contribution in [3.8, 4) is 0 Å². The van der Waals surface area contributed by atoms with E-state index in [1.807, 2.05) is 0 Å². The molecule has 7 heteroatoms. The first-order chi connectivity index (χ1) is 9.90.